The van der Waals surface area contributed by atoms with Crippen molar-refractivity contribution in [2.75, 3.05) is 25.1 Å². The van der Waals surface area contributed by atoms with Crippen molar-refractivity contribution in [3.05, 3.63) is 11.9 Å². The predicted octanol–water partition coefficient (Wildman–Crippen LogP) is 1.77. The molecule has 1 fully saturated rings. The van der Waals surface area contributed by atoms with Gasteiger partial charge < -0.3 is 14.8 Å². The molecule has 0 amide bonds. The molecule has 5 heteroatoms. The summed E-state index contributed by atoms with van der Waals surface area (Å²) in [6, 6.07) is 1.85. The van der Waals surface area contributed by atoms with Crippen molar-refractivity contribution in [3.8, 4) is 5.88 Å². The van der Waals surface area contributed by atoms with Gasteiger partial charge in [0.15, 0.2) is 0 Å². The number of aromatic nitrogens is 2. The van der Waals surface area contributed by atoms with Gasteiger partial charge in [0, 0.05) is 25.5 Å². The van der Waals surface area contributed by atoms with Crippen LogP contribution in [0.15, 0.2) is 6.07 Å². The Hall–Kier alpha value is -1.36. The lowest BCUT2D eigenvalue weighted by Gasteiger charge is -2.22. The number of aryl methyl sites for hydroxylation is 1. The number of anilines is 1. The second kappa shape index (κ2) is 5.82. The van der Waals surface area contributed by atoms with Gasteiger partial charge in [-0.15, -0.1) is 0 Å². The van der Waals surface area contributed by atoms with Crippen molar-refractivity contribution < 1.29 is 9.47 Å². The highest BCUT2D eigenvalue weighted by Crippen LogP contribution is 2.18. The average Bonchev–Trinajstić information content (AvgIpc) is 2.30. The number of ether oxygens (including phenoxy) is 2. The lowest BCUT2D eigenvalue weighted by Crippen LogP contribution is -2.26. The highest BCUT2D eigenvalue weighted by Gasteiger charge is 2.16. The molecule has 1 N–H and O–H groups in total. The van der Waals surface area contributed by atoms with E-state index < -0.39 is 0 Å². The van der Waals surface area contributed by atoms with Gasteiger partial charge in [0.05, 0.1) is 13.2 Å². The third-order valence-electron chi connectivity index (χ3n) is 2.63. The Kier molecular flexibility index (Phi) is 4.14. The second-order valence-electron chi connectivity index (χ2n) is 4.10. The molecule has 0 spiro atoms. The van der Waals surface area contributed by atoms with Gasteiger partial charge in [-0.2, -0.15) is 4.98 Å². The molecule has 0 aromatic carbocycles. The maximum Gasteiger partial charge on any atom is 0.218 e. The monoisotopic (exact) mass is 237 g/mol. The van der Waals surface area contributed by atoms with Crippen molar-refractivity contribution in [1.29, 1.82) is 0 Å². The van der Waals surface area contributed by atoms with Gasteiger partial charge in [-0.25, -0.2) is 4.98 Å². The minimum atomic E-state index is 0.215. The minimum Gasteiger partial charge on any atom is -0.474 e. The van der Waals surface area contributed by atoms with Crippen molar-refractivity contribution >= 4 is 5.82 Å². The summed E-state index contributed by atoms with van der Waals surface area (Å²) in [5, 5.41) is 3.17. The Morgan fingerprint density at radius 1 is 1.41 bits per heavy atom. The van der Waals surface area contributed by atoms with Gasteiger partial charge in [0.1, 0.15) is 17.7 Å². The molecule has 1 aromatic heterocycles. The van der Waals surface area contributed by atoms with E-state index in [2.05, 4.69) is 15.3 Å². The summed E-state index contributed by atoms with van der Waals surface area (Å²) in [7, 11) is 0. The molecule has 1 saturated heterocycles. The first-order valence-corrected chi connectivity index (χ1v) is 6.12. The topological polar surface area (TPSA) is 56.3 Å². The van der Waals surface area contributed by atoms with Crippen LogP contribution in [-0.2, 0) is 4.74 Å². The van der Waals surface area contributed by atoms with Gasteiger partial charge in [-0.3, -0.25) is 0 Å². The number of nitrogens with zero attached hydrogens (tertiary/aromatic N) is 2. The van der Waals surface area contributed by atoms with E-state index in [-0.39, 0.29) is 6.10 Å². The molecular formula is C12H19N3O2. The van der Waals surface area contributed by atoms with Crippen LogP contribution in [0.2, 0.25) is 0 Å². The van der Waals surface area contributed by atoms with Crippen LogP contribution in [0.25, 0.3) is 0 Å². The summed E-state index contributed by atoms with van der Waals surface area (Å²) < 4.78 is 11.2. The quantitative estimate of drug-likeness (QED) is 0.865. The van der Waals surface area contributed by atoms with Gasteiger partial charge in [0.2, 0.25) is 5.88 Å². The van der Waals surface area contributed by atoms with E-state index in [1.807, 2.05) is 19.9 Å². The molecular weight excluding hydrogens is 218 g/mol. The van der Waals surface area contributed by atoms with Gasteiger partial charge in [-0.05, 0) is 13.8 Å². The first kappa shape index (κ1) is 12.1. The Balaban J connectivity index is 2.03. The van der Waals surface area contributed by atoms with Crippen LogP contribution in [0.1, 0.15) is 25.6 Å². The van der Waals surface area contributed by atoms with E-state index in [4.69, 9.17) is 9.47 Å². The van der Waals surface area contributed by atoms with Crippen LogP contribution in [0, 0.1) is 6.92 Å². The maximum atomic E-state index is 5.85. The first-order valence-electron chi connectivity index (χ1n) is 6.12. The molecule has 2 heterocycles. The van der Waals surface area contributed by atoms with Gasteiger partial charge in [0.25, 0.3) is 0 Å². The van der Waals surface area contributed by atoms with Crippen LogP contribution in [0.3, 0.4) is 0 Å². The Morgan fingerprint density at radius 2 is 2.18 bits per heavy atom. The molecule has 1 aromatic rings. The van der Waals surface area contributed by atoms with Gasteiger partial charge in [-0.1, -0.05) is 0 Å². The summed E-state index contributed by atoms with van der Waals surface area (Å²) in [5.41, 5.74) is 0. The molecule has 0 saturated carbocycles. The third-order valence-corrected chi connectivity index (χ3v) is 2.63. The smallest absolute Gasteiger partial charge is 0.218 e. The highest BCUT2D eigenvalue weighted by molar-refractivity contribution is 5.38. The number of hydrogen-bond acceptors (Lipinski definition) is 5. The fourth-order valence-corrected chi connectivity index (χ4v) is 1.84. The zero-order valence-electron chi connectivity index (χ0n) is 10.4. The van der Waals surface area contributed by atoms with E-state index >= 15 is 0 Å². The van der Waals surface area contributed by atoms with E-state index in [9.17, 15) is 0 Å². The number of hydrogen-bond donors (Lipinski definition) is 1. The molecule has 0 bridgehead atoms. The van der Waals surface area contributed by atoms with Crippen LogP contribution in [0.5, 0.6) is 5.88 Å². The standard InChI is InChI=1S/C12H19N3O2/c1-3-13-11-8-12(15-9(2)14-11)17-10-4-6-16-7-5-10/h8,10H,3-7H2,1-2H3,(H,13,14,15). The largest absolute Gasteiger partial charge is 0.474 e. The molecule has 0 radical (unpaired) electrons. The molecule has 17 heavy (non-hydrogen) atoms. The zero-order valence-corrected chi connectivity index (χ0v) is 10.4. The fourth-order valence-electron chi connectivity index (χ4n) is 1.84. The Labute approximate surface area is 102 Å². The van der Waals surface area contributed by atoms with Crippen molar-refractivity contribution in [3.63, 3.8) is 0 Å². The molecule has 1 aliphatic heterocycles. The minimum absolute atomic E-state index is 0.215. The lowest BCUT2D eigenvalue weighted by molar-refractivity contribution is 0.0236. The van der Waals surface area contributed by atoms with E-state index in [1.54, 1.807) is 0 Å². The Morgan fingerprint density at radius 3 is 2.88 bits per heavy atom. The van der Waals surface area contributed by atoms with Crippen molar-refractivity contribution in [2.45, 2.75) is 32.8 Å². The molecule has 0 atom stereocenters. The highest BCUT2D eigenvalue weighted by atomic mass is 16.5. The van der Waals surface area contributed by atoms with E-state index in [1.165, 1.54) is 0 Å². The normalized spacial score (nSPS) is 16.8. The average molecular weight is 237 g/mol. The third kappa shape index (κ3) is 3.56. The molecule has 5 nitrogen and oxygen atoms in total. The molecule has 1 aliphatic rings. The van der Waals surface area contributed by atoms with Crippen LogP contribution >= 0.6 is 0 Å². The van der Waals surface area contributed by atoms with Crippen molar-refractivity contribution in [2.24, 2.45) is 0 Å². The van der Waals surface area contributed by atoms with E-state index in [0.717, 1.165) is 44.2 Å². The Bertz CT molecular complexity index is 365. The van der Waals surface area contributed by atoms with E-state index in [0.29, 0.717) is 5.88 Å². The summed E-state index contributed by atoms with van der Waals surface area (Å²) >= 11 is 0. The lowest BCUT2D eigenvalue weighted by atomic mass is 10.2. The second-order valence-corrected chi connectivity index (χ2v) is 4.10. The zero-order chi connectivity index (χ0) is 12.1. The maximum absolute atomic E-state index is 5.85. The molecule has 94 valence electrons. The first-order chi connectivity index (χ1) is 8.28. The van der Waals surface area contributed by atoms with Crippen molar-refractivity contribution in [1.82, 2.24) is 9.97 Å². The fraction of sp³-hybridized carbons (Fsp3) is 0.667. The SMILES string of the molecule is CCNc1cc(OC2CCOCC2)nc(C)n1. The summed E-state index contributed by atoms with van der Waals surface area (Å²) in [4.78, 5) is 8.59. The molecule has 0 aliphatic carbocycles. The summed E-state index contributed by atoms with van der Waals surface area (Å²) in [6.45, 7) is 6.30. The summed E-state index contributed by atoms with van der Waals surface area (Å²) in [5.74, 6) is 2.20. The van der Waals surface area contributed by atoms with Crippen LogP contribution in [0.4, 0.5) is 5.82 Å². The molecule has 0 unspecified atom stereocenters. The van der Waals surface area contributed by atoms with Crippen LogP contribution in [-0.4, -0.2) is 35.8 Å². The number of nitrogens with one attached hydrogen (secondary N) is 1. The number of rotatable bonds is 4. The molecule has 2 rings (SSSR count). The van der Waals surface area contributed by atoms with Crippen LogP contribution < -0.4 is 10.1 Å². The summed E-state index contributed by atoms with van der Waals surface area (Å²) in [6.07, 6.45) is 2.08. The van der Waals surface area contributed by atoms with Gasteiger partial charge >= 0.3 is 0 Å². The predicted molar refractivity (Wildman–Crippen MR) is 65.4 cm³/mol.